The van der Waals surface area contributed by atoms with Gasteiger partial charge < -0.3 is 47.4 Å². The maximum absolute atomic E-state index is 11.4. The molecule has 0 aromatic heterocycles. The standard InChI is InChI=1S/C30H55NO12/c1-2-3-4-5-9-34-11-13-36-15-17-38-19-21-40-23-25-42-27-28-43-26-24-41-22-20-39-18-16-37-14-12-35-10-8-31-29(32)6-7-30(31)33/h6-7H,2-5,8-28H2,1H3. The highest BCUT2D eigenvalue weighted by Gasteiger charge is 2.22. The van der Waals surface area contributed by atoms with Gasteiger partial charge in [-0.15, -0.1) is 0 Å². The van der Waals surface area contributed by atoms with E-state index in [0.29, 0.717) is 119 Å². The predicted octanol–water partition coefficient (Wildman–Crippen LogP) is 1.66. The third-order valence-corrected chi connectivity index (χ3v) is 5.85. The van der Waals surface area contributed by atoms with Crippen LogP contribution in [0.15, 0.2) is 12.2 Å². The first-order chi connectivity index (χ1) is 21.3. The number of unbranched alkanes of at least 4 members (excludes halogenated alkanes) is 3. The second-order valence-corrected chi connectivity index (χ2v) is 9.35. The fourth-order valence-corrected chi connectivity index (χ4v) is 3.52. The molecule has 0 spiro atoms. The van der Waals surface area contributed by atoms with Gasteiger partial charge in [0.05, 0.1) is 132 Å². The number of hydrogen-bond acceptors (Lipinski definition) is 12. The van der Waals surface area contributed by atoms with E-state index in [1.165, 1.54) is 31.4 Å². The van der Waals surface area contributed by atoms with Crippen molar-refractivity contribution in [3.05, 3.63) is 12.2 Å². The van der Waals surface area contributed by atoms with Gasteiger partial charge in [-0.3, -0.25) is 14.5 Å². The Morgan fingerprint density at radius 1 is 0.395 bits per heavy atom. The minimum atomic E-state index is -0.304. The largest absolute Gasteiger partial charge is 0.379 e. The van der Waals surface area contributed by atoms with Gasteiger partial charge in [0.15, 0.2) is 0 Å². The van der Waals surface area contributed by atoms with Crippen molar-refractivity contribution in [3.8, 4) is 0 Å². The molecule has 2 amide bonds. The Morgan fingerprint density at radius 2 is 0.674 bits per heavy atom. The van der Waals surface area contributed by atoms with Crippen LogP contribution in [0.5, 0.6) is 0 Å². The van der Waals surface area contributed by atoms with Crippen LogP contribution in [0.3, 0.4) is 0 Å². The Morgan fingerprint density at radius 3 is 0.977 bits per heavy atom. The van der Waals surface area contributed by atoms with Crippen molar-refractivity contribution in [1.82, 2.24) is 4.90 Å². The van der Waals surface area contributed by atoms with Crippen molar-refractivity contribution in [1.29, 1.82) is 0 Å². The van der Waals surface area contributed by atoms with Crippen LogP contribution < -0.4 is 0 Å². The minimum Gasteiger partial charge on any atom is -0.379 e. The zero-order valence-electron chi connectivity index (χ0n) is 26.2. The molecule has 0 aromatic carbocycles. The van der Waals surface area contributed by atoms with Gasteiger partial charge >= 0.3 is 0 Å². The SMILES string of the molecule is CCCCCCOCCOCCOCCOCCOCCOCCOCCOCCOCCOCCN1C(=O)C=CC1=O. The molecular formula is C30H55NO12. The summed E-state index contributed by atoms with van der Waals surface area (Å²) in [6.07, 6.45) is 7.39. The summed E-state index contributed by atoms with van der Waals surface area (Å²) < 4.78 is 54.5. The van der Waals surface area contributed by atoms with Crippen LogP contribution in [-0.2, 0) is 57.0 Å². The number of amides is 2. The molecule has 1 rings (SSSR count). The molecule has 0 aliphatic carbocycles. The summed E-state index contributed by atoms with van der Waals surface area (Å²) in [5.41, 5.74) is 0. The van der Waals surface area contributed by atoms with Crippen LogP contribution in [0.4, 0.5) is 0 Å². The Balaban J connectivity index is 1.62. The number of hydrogen-bond donors (Lipinski definition) is 0. The average molecular weight is 622 g/mol. The van der Waals surface area contributed by atoms with Crippen molar-refractivity contribution in [2.75, 3.05) is 139 Å². The van der Waals surface area contributed by atoms with E-state index in [-0.39, 0.29) is 25.0 Å². The fourth-order valence-electron chi connectivity index (χ4n) is 3.52. The van der Waals surface area contributed by atoms with E-state index in [1.807, 2.05) is 0 Å². The lowest BCUT2D eigenvalue weighted by Gasteiger charge is -2.13. The zero-order valence-corrected chi connectivity index (χ0v) is 26.2. The topological polar surface area (TPSA) is 130 Å². The molecule has 13 heteroatoms. The van der Waals surface area contributed by atoms with Gasteiger partial charge in [-0.1, -0.05) is 26.2 Å². The summed E-state index contributed by atoms with van der Waals surface area (Å²) in [5, 5.41) is 0. The molecule has 0 N–H and O–H groups in total. The molecule has 0 unspecified atom stereocenters. The molecule has 0 bridgehead atoms. The third kappa shape index (κ3) is 26.6. The monoisotopic (exact) mass is 621 g/mol. The van der Waals surface area contributed by atoms with Crippen LogP contribution in [0, 0.1) is 0 Å². The van der Waals surface area contributed by atoms with Crippen molar-refractivity contribution in [2.24, 2.45) is 0 Å². The van der Waals surface area contributed by atoms with Crippen LogP contribution >= 0.6 is 0 Å². The van der Waals surface area contributed by atoms with Crippen LogP contribution in [-0.4, -0.2) is 155 Å². The molecule has 0 radical (unpaired) electrons. The first-order valence-electron chi connectivity index (χ1n) is 15.6. The Labute approximate surface area is 257 Å². The molecule has 0 saturated carbocycles. The van der Waals surface area contributed by atoms with E-state index in [0.717, 1.165) is 17.9 Å². The first-order valence-corrected chi connectivity index (χ1v) is 15.6. The normalized spacial score (nSPS) is 13.2. The lowest BCUT2D eigenvalue weighted by Crippen LogP contribution is -2.33. The number of imide groups is 1. The van der Waals surface area contributed by atoms with Gasteiger partial charge in [-0.25, -0.2) is 0 Å². The van der Waals surface area contributed by atoms with Gasteiger partial charge in [-0.05, 0) is 6.42 Å². The second-order valence-electron chi connectivity index (χ2n) is 9.35. The highest BCUT2D eigenvalue weighted by Crippen LogP contribution is 2.02. The van der Waals surface area contributed by atoms with Crippen molar-refractivity contribution in [2.45, 2.75) is 32.6 Å². The van der Waals surface area contributed by atoms with Gasteiger partial charge in [0.1, 0.15) is 0 Å². The fraction of sp³-hybridized carbons (Fsp3) is 0.867. The Kier molecular flexibility index (Phi) is 29.3. The summed E-state index contributed by atoms with van der Waals surface area (Å²) in [6, 6.07) is 0. The van der Waals surface area contributed by atoms with E-state index in [9.17, 15) is 9.59 Å². The molecular weight excluding hydrogens is 566 g/mol. The van der Waals surface area contributed by atoms with E-state index < -0.39 is 0 Å². The molecule has 1 heterocycles. The van der Waals surface area contributed by atoms with Crippen molar-refractivity contribution >= 4 is 11.8 Å². The summed E-state index contributed by atoms with van der Waals surface area (Å²) in [6.45, 7) is 12.6. The Bertz CT molecular complexity index is 649. The number of carbonyl (C=O) groups is 2. The highest BCUT2D eigenvalue weighted by molar-refractivity contribution is 6.12. The predicted molar refractivity (Wildman–Crippen MR) is 158 cm³/mol. The molecule has 0 saturated heterocycles. The molecule has 1 aliphatic rings. The molecule has 0 atom stereocenters. The lowest BCUT2D eigenvalue weighted by atomic mass is 10.2. The summed E-state index contributed by atoms with van der Waals surface area (Å²) >= 11 is 0. The quantitative estimate of drug-likeness (QED) is 0.0754. The Hall–Kier alpha value is -1.52. The van der Waals surface area contributed by atoms with Gasteiger partial charge in [0.2, 0.25) is 0 Å². The number of nitrogens with zero attached hydrogens (tertiary/aromatic N) is 1. The summed E-state index contributed by atoms with van der Waals surface area (Å²) in [4.78, 5) is 23.9. The minimum absolute atomic E-state index is 0.243. The summed E-state index contributed by atoms with van der Waals surface area (Å²) in [7, 11) is 0. The highest BCUT2D eigenvalue weighted by atomic mass is 16.6. The molecule has 0 fully saturated rings. The first kappa shape index (κ1) is 39.5. The van der Waals surface area contributed by atoms with Crippen molar-refractivity contribution < 1.29 is 57.0 Å². The second kappa shape index (κ2) is 31.9. The molecule has 252 valence electrons. The number of ether oxygens (including phenoxy) is 10. The molecule has 1 aliphatic heterocycles. The van der Waals surface area contributed by atoms with Crippen LogP contribution in [0.25, 0.3) is 0 Å². The van der Waals surface area contributed by atoms with Gasteiger partial charge in [0, 0.05) is 18.8 Å². The van der Waals surface area contributed by atoms with E-state index in [1.54, 1.807) is 0 Å². The third-order valence-electron chi connectivity index (χ3n) is 5.85. The van der Waals surface area contributed by atoms with Crippen molar-refractivity contribution in [3.63, 3.8) is 0 Å². The van der Waals surface area contributed by atoms with E-state index in [2.05, 4.69) is 6.92 Å². The smallest absolute Gasteiger partial charge is 0.253 e. The maximum atomic E-state index is 11.4. The molecule has 43 heavy (non-hydrogen) atoms. The maximum Gasteiger partial charge on any atom is 0.253 e. The number of carbonyl (C=O) groups excluding carboxylic acids is 2. The zero-order chi connectivity index (χ0) is 30.9. The van der Waals surface area contributed by atoms with E-state index >= 15 is 0 Å². The van der Waals surface area contributed by atoms with Crippen LogP contribution in [0.1, 0.15) is 32.6 Å². The number of rotatable bonds is 35. The summed E-state index contributed by atoms with van der Waals surface area (Å²) in [5.74, 6) is -0.607. The van der Waals surface area contributed by atoms with E-state index in [4.69, 9.17) is 47.4 Å². The molecule has 13 nitrogen and oxygen atoms in total. The van der Waals surface area contributed by atoms with Gasteiger partial charge in [-0.2, -0.15) is 0 Å². The average Bonchev–Trinajstić information content (AvgIpc) is 3.33. The van der Waals surface area contributed by atoms with Gasteiger partial charge in [0.25, 0.3) is 11.8 Å². The van der Waals surface area contributed by atoms with Crippen LogP contribution in [0.2, 0.25) is 0 Å². The lowest BCUT2D eigenvalue weighted by molar-refractivity contribution is -0.137. The molecule has 0 aromatic rings.